The maximum atomic E-state index is 9.66. The lowest BCUT2D eigenvalue weighted by molar-refractivity contribution is 0.473. The summed E-state index contributed by atoms with van der Waals surface area (Å²) in [6.45, 7) is 5.92. The minimum atomic E-state index is 0.250. The normalized spacial score (nSPS) is 10.5. The van der Waals surface area contributed by atoms with Gasteiger partial charge in [-0.15, -0.1) is 0 Å². The van der Waals surface area contributed by atoms with Crippen LogP contribution in [0.25, 0.3) is 11.1 Å². The molecular weight excluding hydrogens is 212 g/mol. The molecule has 0 amide bonds. The van der Waals surface area contributed by atoms with Gasteiger partial charge in [0.25, 0.3) is 0 Å². The summed E-state index contributed by atoms with van der Waals surface area (Å²) in [5.41, 5.74) is 5.05. The lowest BCUT2D eigenvalue weighted by atomic mass is 9.95. The van der Waals surface area contributed by atoms with Gasteiger partial charge in [-0.3, -0.25) is 0 Å². The number of hydrogen-bond acceptors (Lipinski definition) is 2. The molecule has 0 unspecified atom stereocenters. The Morgan fingerprint density at radius 3 is 2.06 bits per heavy atom. The molecule has 0 saturated carbocycles. The lowest BCUT2D eigenvalue weighted by Gasteiger charge is -2.11. The SMILES string of the molecule is Cc1cc(O)cc(-c2cc(O)cc(C)c2C)c1. The number of hydrogen-bond donors (Lipinski definition) is 2. The largest absolute Gasteiger partial charge is 0.508 e. The number of rotatable bonds is 1. The summed E-state index contributed by atoms with van der Waals surface area (Å²) in [6, 6.07) is 8.91. The first-order valence-electron chi connectivity index (χ1n) is 5.58. The smallest absolute Gasteiger partial charge is 0.116 e. The van der Waals surface area contributed by atoms with Crippen molar-refractivity contribution >= 4 is 0 Å². The third-order valence-electron chi connectivity index (χ3n) is 3.03. The molecule has 0 aromatic heterocycles. The minimum Gasteiger partial charge on any atom is -0.508 e. The fourth-order valence-electron chi connectivity index (χ4n) is 2.06. The zero-order valence-electron chi connectivity index (χ0n) is 10.3. The standard InChI is InChI=1S/C15H16O2/c1-9-4-12(7-13(16)5-9)15-8-14(17)6-10(2)11(15)3/h4-8,16-17H,1-3H3. The summed E-state index contributed by atoms with van der Waals surface area (Å²) in [5, 5.41) is 19.3. The predicted molar refractivity (Wildman–Crippen MR) is 69.4 cm³/mol. The molecule has 2 nitrogen and oxygen atoms in total. The van der Waals surface area contributed by atoms with Crippen LogP contribution in [-0.2, 0) is 0 Å². The molecular formula is C15H16O2. The van der Waals surface area contributed by atoms with E-state index >= 15 is 0 Å². The van der Waals surface area contributed by atoms with Crippen LogP contribution in [0.4, 0.5) is 0 Å². The summed E-state index contributed by atoms with van der Waals surface area (Å²) in [4.78, 5) is 0. The molecule has 0 bridgehead atoms. The fourth-order valence-corrected chi connectivity index (χ4v) is 2.06. The van der Waals surface area contributed by atoms with Crippen LogP contribution in [0.1, 0.15) is 16.7 Å². The van der Waals surface area contributed by atoms with Crippen LogP contribution >= 0.6 is 0 Å². The van der Waals surface area contributed by atoms with Gasteiger partial charge in [0.05, 0.1) is 0 Å². The van der Waals surface area contributed by atoms with Crippen LogP contribution in [0.5, 0.6) is 11.5 Å². The van der Waals surface area contributed by atoms with E-state index in [9.17, 15) is 10.2 Å². The molecule has 0 heterocycles. The van der Waals surface area contributed by atoms with Gasteiger partial charge in [-0.25, -0.2) is 0 Å². The van der Waals surface area contributed by atoms with Crippen LogP contribution in [-0.4, -0.2) is 10.2 Å². The Hall–Kier alpha value is -1.96. The molecule has 2 heteroatoms. The van der Waals surface area contributed by atoms with Crippen molar-refractivity contribution in [1.82, 2.24) is 0 Å². The highest BCUT2D eigenvalue weighted by atomic mass is 16.3. The Morgan fingerprint density at radius 1 is 0.765 bits per heavy atom. The molecule has 0 aliphatic carbocycles. The van der Waals surface area contributed by atoms with E-state index in [-0.39, 0.29) is 11.5 Å². The first-order valence-corrected chi connectivity index (χ1v) is 5.58. The van der Waals surface area contributed by atoms with Crippen molar-refractivity contribution in [1.29, 1.82) is 0 Å². The molecule has 2 aromatic rings. The zero-order valence-corrected chi connectivity index (χ0v) is 10.3. The van der Waals surface area contributed by atoms with E-state index < -0.39 is 0 Å². The van der Waals surface area contributed by atoms with E-state index in [4.69, 9.17) is 0 Å². The van der Waals surface area contributed by atoms with Crippen molar-refractivity contribution in [2.75, 3.05) is 0 Å². The van der Waals surface area contributed by atoms with Gasteiger partial charge < -0.3 is 10.2 Å². The monoisotopic (exact) mass is 228 g/mol. The molecule has 0 atom stereocenters. The molecule has 0 saturated heterocycles. The Labute approximate surface area is 101 Å². The summed E-state index contributed by atoms with van der Waals surface area (Å²) >= 11 is 0. The van der Waals surface area contributed by atoms with Gasteiger partial charge in [0.1, 0.15) is 11.5 Å². The van der Waals surface area contributed by atoms with E-state index in [0.717, 1.165) is 27.8 Å². The second-order valence-electron chi connectivity index (χ2n) is 4.49. The van der Waals surface area contributed by atoms with E-state index in [2.05, 4.69) is 0 Å². The van der Waals surface area contributed by atoms with Crippen molar-refractivity contribution in [3.05, 3.63) is 47.0 Å². The minimum absolute atomic E-state index is 0.250. The van der Waals surface area contributed by atoms with E-state index in [1.54, 1.807) is 24.3 Å². The number of aromatic hydroxyl groups is 2. The van der Waals surface area contributed by atoms with Gasteiger partial charge in [0, 0.05) is 0 Å². The highest BCUT2D eigenvalue weighted by molar-refractivity contribution is 5.72. The third-order valence-corrected chi connectivity index (χ3v) is 3.03. The molecule has 0 aliphatic rings. The fraction of sp³-hybridized carbons (Fsp3) is 0.200. The Balaban J connectivity index is 2.67. The number of phenolic OH excluding ortho intramolecular Hbond substituents is 2. The molecule has 0 aliphatic heterocycles. The average Bonchev–Trinajstić information content (AvgIpc) is 2.22. The van der Waals surface area contributed by atoms with Gasteiger partial charge in [0.2, 0.25) is 0 Å². The van der Waals surface area contributed by atoms with Gasteiger partial charge in [-0.2, -0.15) is 0 Å². The van der Waals surface area contributed by atoms with Crippen molar-refractivity contribution in [2.45, 2.75) is 20.8 Å². The number of benzene rings is 2. The Kier molecular flexibility index (Phi) is 2.80. The molecule has 17 heavy (non-hydrogen) atoms. The van der Waals surface area contributed by atoms with Crippen LogP contribution in [0.15, 0.2) is 30.3 Å². The first kappa shape index (κ1) is 11.5. The molecule has 2 aromatic carbocycles. The highest BCUT2D eigenvalue weighted by Crippen LogP contribution is 2.32. The summed E-state index contributed by atoms with van der Waals surface area (Å²) in [5.74, 6) is 0.504. The van der Waals surface area contributed by atoms with Crippen LogP contribution in [0.3, 0.4) is 0 Å². The molecule has 2 N–H and O–H groups in total. The molecule has 0 fully saturated rings. The summed E-state index contributed by atoms with van der Waals surface area (Å²) < 4.78 is 0. The zero-order chi connectivity index (χ0) is 12.6. The van der Waals surface area contributed by atoms with Crippen molar-refractivity contribution in [3.8, 4) is 22.6 Å². The van der Waals surface area contributed by atoms with Crippen LogP contribution < -0.4 is 0 Å². The summed E-state index contributed by atoms with van der Waals surface area (Å²) in [7, 11) is 0. The van der Waals surface area contributed by atoms with E-state index in [1.807, 2.05) is 26.8 Å². The lowest BCUT2D eigenvalue weighted by Crippen LogP contribution is -1.88. The number of phenols is 2. The second-order valence-corrected chi connectivity index (χ2v) is 4.49. The van der Waals surface area contributed by atoms with Crippen molar-refractivity contribution in [2.24, 2.45) is 0 Å². The topological polar surface area (TPSA) is 40.5 Å². The van der Waals surface area contributed by atoms with Crippen molar-refractivity contribution < 1.29 is 10.2 Å². The van der Waals surface area contributed by atoms with Crippen LogP contribution in [0, 0.1) is 20.8 Å². The summed E-state index contributed by atoms with van der Waals surface area (Å²) in [6.07, 6.45) is 0. The van der Waals surface area contributed by atoms with Crippen molar-refractivity contribution in [3.63, 3.8) is 0 Å². The molecule has 88 valence electrons. The maximum Gasteiger partial charge on any atom is 0.116 e. The van der Waals surface area contributed by atoms with E-state index in [1.165, 1.54) is 0 Å². The molecule has 0 spiro atoms. The van der Waals surface area contributed by atoms with Gasteiger partial charge >= 0.3 is 0 Å². The Bertz CT molecular complexity index is 551. The quantitative estimate of drug-likeness (QED) is 0.781. The van der Waals surface area contributed by atoms with Gasteiger partial charge in [-0.05, 0) is 72.9 Å². The van der Waals surface area contributed by atoms with Gasteiger partial charge in [-0.1, -0.05) is 6.07 Å². The second kappa shape index (κ2) is 4.13. The maximum absolute atomic E-state index is 9.66. The van der Waals surface area contributed by atoms with Gasteiger partial charge in [0.15, 0.2) is 0 Å². The molecule has 2 rings (SSSR count). The van der Waals surface area contributed by atoms with Crippen LogP contribution in [0.2, 0.25) is 0 Å². The first-order chi connectivity index (χ1) is 7.97. The molecule has 0 radical (unpaired) electrons. The van der Waals surface area contributed by atoms with E-state index in [0.29, 0.717) is 0 Å². The number of aryl methyl sites for hydroxylation is 2. The highest BCUT2D eigenvalue weighted by Gasteiger charge is 2.07. The Morgan fingerprint density at radius 2 is 1.41 bits per heavy atom. The average molecular weight is 228 g/mol. The third kappa shape index (κ3) is 2.26. The predicted octanol–water partition coefficient (Wildman–Crippen LogP) is 3.69.